The number of piperazine rings is 1. The van der Waals surface area contributed by atoms with Gasteiger partial charge in [-0.05, 0) is 43.5 Å². The number of ether oxygens (including phenoxy) is 1. The second-order valence-electron chi connectivity index (χ2n) is 7.62. The number of aryl methyl sites for hydroxylation is 2. The molecule has 6 nitrogen and oxygen atoms in total. The normalized spacial score (nSPS) is 19.9. The number of anilines is 1. The molecule has 1 aromatic heterocycles. The number of benzene rings is 1. The van der Waals surface area contributed by atoms with Crippen molar-refractivity contribution in [3.63, 3.8) is 0 Å². The standard InChI is InChI=1S/C22H26N2O4/c1-15-5-3-4-6-18(15)23-8-10-24(11-9-23)21(25)20-16(2)13-19(28-22(20)26)17-7-12-27-14-17/h3-6,13,17H,7-12,14H2,1-2H3. The minimum atomic E-state index is -0.534. The molecule has 4 rings (SSSR count). The van der Waals surface area contributed by atoms with Gasteiger partial charge in [0.25, 0.3) is 5.91 Å². The van der Waals surface area contributed by atoms with Gasteiger partial charge in [0.05, 0.1) is 6.61 Å². The number of carbonyl (C=O) groups excluding carboxylic acids is 1. The van der Waals surface area contributed by atoms with E-state index in [-0.39, 0.29) is 17.4 Å². The molecule has 2 aromatic rings. The first-order valence-electron chi connectivity index (χ1n) is 9.87. The van der Waals surface area contributed by atoms with Gasteiger partial charge in [-0.3, -0.25) is 4.79 Å². The molecule has 1 unspecified atom stereocenters. The predicted molar refractivity (Wildman–Crippen MR) is 107 cm³/mol. The molecule has 2 aliphatic heterocycles. The van der Waals surface area contributed by atoms with Crippen LogP contribution in [0.3, 0.4) is 0 Å². The third-order valence-electron chi connectivity index (χ3n) is 5.74. The van der Waals surface area contributed by atoms with Crippen LogP contribution in [0, 0.1) is 13.8 Å². The topological polar surface area (TPSA) is 63.0 Å². The van der Waals surface area contributed by atoms with Gasteiger partial charge in [-0.15, -0.1) is 0 Å². The van der Waals surface area contributed by atoms with E-state index in [4.69, 9.17) is 9.15 Å². The molecule has 28 heavy (non-hydrogen) atoms. The van der Waals surface area contributed by atoms with E-state index in [2.05, 4.69) is 24.0 Å². The van der Waals surface area contributed by atoms with Gasteiger partial charge in [0.15, 0.2) is 0 Å². The van der Waals surface area contributed by atoms with Gasteiger partial charge >= 0.3 is 5.63 Å². The SMILES string of the molecule is Cc1ccccc1N1CCN(C(=O)c2c(C)cc(C3CCOC3)oc2=O)CC1. The monoisotopic (exact) mass is 382 g/mol. The molecule has 1 aromatic carbocycles. The maximum absolute atomic E-state index is 13.0. The van der Waals surface area contributed by atoms with Crippen LogP contribution in [0.2, 0.25) is 0 Å². The summed E-state index contributed by atoms with van der Waals surface area (Å²) >= 11 is 0. The third-order valence-corrected chi connectivity index (χ3v) is 5.74. The molecule has 148 valence electrons. The molecular weight excluding hydrogens is 356 g/mol. The van der Waals surface area contributed by atoms with Crippen molar-refractivity contribution < 1.29 is 13.9 Å². The van der Waals surface area contributed by atoms with E-state index >= 15 is 0 Å². The van der Waals surface area contributed by atoms with E-state index in [1.807, 2.05) is 25.1 Å². The average Bonchev–Trinajstić information content (AvgIpc) is 3.23. The highest BCUT2D eigenvalue weighted by molar-refractivity contribution is 5.95. The highest BCUT2D eigenvalue weighted by Gasteiger charge is 2.28. The van der Waals surface area contributed by atoms with Crippen LogP contribution in [0.25, 0.3) is 0 Å². The first-order valence-corrected chi connectivity index (χ1v) is 9.87. The van der Waals surface area contributed by atoms with Crippen molar-refractivity contribution in [2.24, 2.45) is 0 Å². The van der Waals surface area contributed by atoms with E-state index in [1.165, 1.54) is 11.3 Å². The maximum Gasteiger partial charge on any atom is 0.349 e. The second kappa shape index (κ2) is 7.80. The molecule has 0 spiro atoms. The summed E-state index contributed by atoms with van der Waals surface area (Å²) in [5.74, 6) is 0.499. The number of nitrogens with zero attached hydrogens (tertiary/aromatic N) is 2. The molecule has 0 radical (unpaired) electrons. The predicted octanol–water partition coefficient (Wildman–Crippen LogP) is 2.72. The van der Waals surface area contributed by atoms with Crippen molar-refractivity contribution in [1.29, 1.82) is 0 Å². The Morgan fingerprint density at radius 2 is 1.82 bits per heavy atom. The number of hydrogen-bond donors (Lipinski definition) is 0. The van der Waals surface area contributed by atoms with E-state index in [1.54, 1.807) is 4.90 Å². The van der Waals surface area contributed by atoms with E-state index in [0.717, 1.165) is 19.5 Å². The fraction of sp³-hybridized carbons (Fsp3) is 0.455. The Morgan fingerprint density at radius 1 is 1.07 bits per heavy atom. The highest BCUT2D eigenvalue weighted by atomic mass is 16.5. The van der Waals surface area contributed by atoms with Crippen LogP contribution in [0.5, 0.6) is 0 Å². The minimum Gasteiger partial charge on any atom is -0.427 e. The largest absolute Gasteiger partial charge is 0.427 e. The summed E-state index contributed by atoms with van der Waals surface area (Å²) in [4.78, 5) is 29.6. The quantitative estimate of drug-likeness (QED) is 0.817. The van der Waals surface area contributed by atoms with Crippen molar-refractivity contribution in [1.82, 2.24) is 4.90 Å². The number of hydrogen-bond acceptors (Lipinski definition) is 5. The van der Waals surface area contributed by atoms with Gasteiger partial charge in [-0.1, -0.05) is 18.2 Å². The van der Waals surface area contributed by atoms with Gasteiger partial charge in [-0.2, -0.15) is 0 Å². The van der Waals surface area contributed by atoms with Gasteiger partial charge < -0.3 is 19.0 Å². The van der Waals surface area contributed by atoms with Crippen LogP contribution >= 0.6 is 0 Å². The van der Waals surface area contributed by atoms with Gasteiger partial charge in [0.1, 0.15) is 11.3 Å². The number of amides is 1. The molecule has 2 fully saturated rings. The smallest absolute Gasteiger partial charge is 0.349 e. The fourth-order valence-corrected chi connectivity index (χ4v) is 4.08. The van der Waals surface area contributed by atoms with Crippen LogP contribution in [0.4, 0.5) is 5.69 Å². The Morgan fingerprint density at radius 3 is 2.46 bits per heavy atom. The van der Waals surface area contributed by atoms with Crippen molar-refractivity contribution in [3.05, 3.63) is 63.2 Å². The van der Waals surface area contributed by atoms with Crippen LogP contribution in [0.1, 0.15) is 39.6 Å². The van der Waals surface area contributed by atoms with Crippen LogP contribution in [-0.2, 0) is 4.74 Å². The Balaban J connectivity index is 1.48. The molecule has 0 saturated carbocycles. The Hall–Kier alpha value is -2.60. The van der Waals surface area contributed by atoms with Gasteiger partial charge in [0, 0.05) is 44.4 Å². The summed E-state index contributed by atoms with van der Waals surface area (Å²) in [6.45, 7) is 7.83. The number of rotatable bonds is 3. The third kappa shape index (κ3) is 3.56. The van der Waals surface area contributed by atoms with Gasteiger partial charge in [0.2, 0.25) is 0 Å². The van der Waals surface area contributed by atoms with Crippen molar-refractivity contribution in [3.8, 4) is 0 Å². The first kappa shape index (κ1) is 18.7. The molecule has 0 aliphatic carbocycles. The van der Waals surface area contributed by atoms with Crippen molar-refractivity contribution >= 4 is 11.6 Å². The minimum absolute atomic E-state index is 0.105. The summed E-state index contributed by atoms with van der Waals surface area (Å²) in [5.41, 5.74) is 2.74. The number of para-hydroxylation sites is 1. The average molecular weight is 382 g/mol. The second-order valence-corrected chi connectivity index (χ2v) is 7.62. The highest BCUT2D eigenvalue weighted by Crippen LogP contribution is 2.26. The summed E-state index contributed by atoms with van der Waals surface area (Å²) in [6, 6.07) is 10.1. The summed E-state index contributed by atoms with van der Waals surface area (Å²) < 4.78 is 10.9. The lowest BCUT2D eigenvalue weighted by Crippen LogP contribution is -2.49. The molecule has 1 atom stereocenters. The lowest BCUT2D eigenvalue weighted by atomic mass is 10.0. The van der Waals surface area contributed by atoms with Crippen LogP contribution in [0.15, 0.2) is 39.5 Å². The Bertz CT molecular complexity index is 922. The first-order chi connectivity index (χ1) is 13.5. The molecule has 2 saturated heterocycles. The molecule has 3 heterocycles. The zero-order valence-electron chi connectivity index (χ0n) is 16.4. The lowest BCUT2D eigenvalue weighted by molar-refractivity contribution is 0.0740. The summed E-state index contributed by atoms with van der Waals surface area (Å²) in [5, 5.41) is 0. The molecule has 2 aliphatic rings. The van der Waals surface area contributed by atoms with E-state index in [9.17, 15) is 9.59 Å². The Labute approximate surface area is 164 Å². The van der Waals surface area contributed by atoms with E-state index < -0.39 is 5.63 Å². The number of carbonyl (C=O) groups is 1. The lowest BCUT2D eigenvalue weighted by Gasteiger charge is -2.36. The Kier molecular flexibility index (Phi) is 5.22. The zero-order valence-corrected chi connectivity index (χ0v) is 16.4. The molecule has 0 N–H and O–H groups in total. The molecular formula is C22H26N2O4. The fourth-order valence-electron chi connectivity index (χ4n) is 4.08. The molecule has 1 amide bonds. The van der Waals surface area contributed by atoms with Gasteiger partial charge in [-0.25, -0.2) is 4.79 Å². The summed E-state index contributed by atoms with van der Waals surface area (Å²) in [7, 11) is 0. The molecule has 0 bridgehead atoms. The van der Waals surface area contributed by atoms with Crippen molar-refractivity contribution in [2.75, 3.05) is 44.3 Å². The van der Waals surface area contributed by atoms with Crippen molar-refractivity contribution in [2.45, 2.75) is 26.2 Å². The van der Waals surface area contributed by atoms with Crippen LogP contribution in [-0.4, -0.2) is 50.2 Å². The summed E-state index contributed by atoms with van der Waals surface area (Å²) in [6.07, 6.45) is 0.844. The van der Waals surface area contributed by atoms with Crippen LogP contribution < -0.4 is 10.5 Å². The van der Waals surface area contributed by atoms with E-state index in [0.29, 0.717) is 37.6 Å². The molecule has 6 heteroatoms. The maximum atomic E-state index is 13.0. The zero-order chi connectivity index (χ0) is 19.7.